The lowest BCUT2D eigenvalue weighted by atomic mass is 9.80. The normalized spacial score (nSPS) is 54.4. The molecule has 2 heteroatoms. The van der Waals surface area contributed by atoms with E-state index in [1.165, 1.54) is 37.7 Å². The highest BCUT2D eigenvalue weighted by atomic mass is 16.4. The van der Waals surface area contributed by atoms with Gasteiger partial charge in [0.25, 0.3) is 0 Å². The highest BCUT2D eigenvalue weighted by Crippen LogP contribution is 2.86. The molecule has 0 aliphatic heterocycles. The van der Waals surface area contributed by atoms with E-state index < -0.39 is 5.97 Å². The lowest BCUT2D eigenvalue weighted by molar-refractivity contribution is -0.139. The first-order valence-corrected chi connectivity index (χ1v) is 6.98. The van der Waals surface area contributed by atoms with Crippen LogP contribution in [0.2, 0.25) is 0 Å². The molecule has 0 aromatic carbocycles. The average molecular weight is 232 g/mol. The molecule has 4 fully saturated rings. The van der Waals surface area contributed by atoms with Crippen LogP contribution in [0, 0.1) is 28.6 Å². The Balaban J connectivity index is 1.76. The van der Waals surface area contributed by atoms with Crippen LogP contribution in [-0.2, 0) is 4.79 Å². The van der Waals surface area contributed by atoms with E-state index in [4.69, 9.17) is 0 Å². The van der Waals surface area contributed by atoms with Gasteiger partial charge in [-0.3, -0.25) is 4.79 Å². The van der Waals surface area contributed by atoms with Crippen molar-refractivity contribution in [1.82, 2.24) is 0 Å². The molecule has 0 saturated heterocycles. The van der Waals surface area contributed by atoms with Gasteiger partial charge in [0.1, 0.15) is 0 Å². The summed E-state index contributed by atoms with van der Waals surface area (Å²) < 4.78 is 0. The summed E-state index contributed by atoms with van der Waals surface area (Å²) in [5.74, 6) is 1.64. The second kappa shape index (κ2) is 2.78. The van der Waals surface area contributed by atoms with Crippen LogP contribution in [0.1, 0.15) is 44.9 Å². The molecule has 1 N–H and O–H groups in total. The Labute approximate surface area is 102 Å². The number of carbonyl (C=O) groups is 1. The number of aliphatic carboxylic acids is 1. The van der Waals surface area contributed by atoms with Crippen molar-refractivity contribution in [3.05, 3.63) is 12.2 Å². The van der Waals surface area contributed by atoms with E-state index in [0.29, 0.717) is 17.8 Å². The predicted octanol–water partition coefficient (Wildman–Crippen LogP) is 3.23. The summed E-state index contributed by atoms with van der Waals surface area (Å²) in [6, 6.07) is 0. The van der Waals surface area contributed by atoms with Gasteiger partial charge in [0.2, 0.25) is 0 Å². The second-order valence-electron chi connectivity index (χ2n) is 6.94. The van der Waals surface area contributed by atoms with Gasteiger partial charge in [-0.1, -0.05) is 12.2 Å². The fraction of sp³-hybridized carbons (Fsp3) is 0.800. The van der Waals surface area contributed by atoms with E-state index >= 15 is 0 Å². The minimum atomic E-state index is -0.574. The molecular formula is C15H20O2. The first-order valence-electron chi connectivity index (χ1n) is 6.98. The van der Waals surface area contributed by atoms with Crippen molar-refractivity contribution in [1.29, 1.82) is 0 Å². The third-order valence-corrected chi connectivity index (χ3v) is 6.72. The van der Waals surface area contributed by atoms with Crippen LogP contribution in [0.5, 0.6) is 0 Å². The number of hydrogen-bond acceptors (Lipinski definition) is 1. The Hall–Kier alpha value is -0.790. The van der Waals surface area contributed by atoms with Crippen molar-refractivity contribution < 1.29 is 9.90 Å². The maximum Gasteiger partial charge on any atom is 0.303 e. The molecule has 2 bridgehead atoms. The quantitative estimate of drug-likeness (QED) is 0.742. The van der Waals surface area contributed by atoms with Crippen LogP contribution >= 0.6 is 0 Å². The number of carboxylic acid groups (broad SMARTS) is 1. The summed E-state index contributed by atoms with van der Waals surface area (Å²) in [5.41, 5.74) is 2.12. The van der Waals surface area contributed by atoms with E-state index in [0.717, 1.165) is 18.3 Å². The zero-order chi connectivity index (χ0) is 11.8. The fourth-order valence-corrected chi connectivity index (χ4v) is 6.09. The van der Waals surface area contributed by atoms with Gasteiger partial charge >= 0.3 is 5.97 Å². The zero-order valence-corrected chi connectivity index (χ0v) is 10.2. The molecule has 4 aliphatic carbocycles. The summed E-state index contributed by atoms with van der Waals surface area (Å²) in [6.45, 7) is 4.29. The number of hydrogen-bond donors (Lipinski definition) is 1. The smallest absolute Gasteiger partial charge is 0.303 e. The van der Waals surface area contributed by atoms with E-state index in [2.05, 4.69) is 6.58 Å². The van der Waals surface area contributed by atoms with Crippen molar-refractivity contribution in [2.24, 2.45) is 28.6 Å². The number of carboxylic acids is 1. The Morgan fingerprint density at radius 3 is 3.06 bits per heavy atom. The van der Waals surface area contributed by atoms with Crippen LogP contribution in [0.3, 0.4) is 0 Å². The minimum absolute atomic E-state index is 0.207. The van der Waals surface area contributed by atoms with Gasteiger partial charge in [-0.15, -0.1) is 0 Å². The van der Waals surface area contributed by atoms with Crippen LogP contribution in [0.15, 0.2) is 12.2 Å². The van der Waals surface area contributed by atoms with Gasteiger partial charge in [0, 0.05) is 0 Å². The third-order valence-electron chi connectivity index (χ3n) is 6.72. The van der Waals surface area contributed by atoms with Crippen molar-refractivity contribution in [3.63, 3.8) is 0 Å². The monoisotopic (exact) mass is 232 g/mol. The van der Waals surface area contributed by atoms with Crippen molar-refractivity contribution in [2.45, 2.75) is 44.9 Å². The molecule has 0 radical (unpaired) electrons. The molecule has 4 saturated carbocycles. The molecule has 92 valence electrons. The maximum atomic E-state index is 11.2. The number of rotatable bonds is 2. The van der Waals surface area contributed by atoms with Crippen molar-refractivity contribution >= 4 is 5.97 Å². The summed E-state index contributed by atoms with van der Waals surface area (Å²) >= 11 is 0. The van der Waals surface area contributed by atoms with E-state index in [9.17, 15) is 9.90 Å². The molecular weight excluding hydrogens is 212 g/mol. The Bertz CT molecular complexity index is 427. The van der Waals surface area contributed by atoms with Gasteiger partial charge < -0.3 is 5.11 Å². The maximum absolute atomic E-state index is 11.2. The molecule has 1 spiro atoms. The van der Waals surface area contributed by atoms with Crippen molar-refractivity contribution in [3.8, 4) is 0 Å². The lowest BCUT2D eigenvalue weighted by Gasteiger charge is -2.24. The number of fused-ring (bicyclic) bond motifs is 2. The van der Waals surface area contributed by atoms with Gasteiger partial charge in [-0.25, -0.2) is 0 Å². The van der Waals surface area contributed by atoms with Gasteiger partial charge in [-0.2, -0.15) is 0 Å². The SMILES string of the molecule is C=C1CCC2CC3C1CCC31CC21CC(=O)O. The van der Waals surface area contributed by atoms with Gasteiger partial charge in [-0.05, 0) is 67.1 Å². The van der Waals surface area contributed by atoms with E-state index in [-0.39, 0.29) is 5.41 Å². The molecule has 4 aliphatic rings. The predicted molar refractivity (Wildman–Crippen MR) is 64.4 cm³/mol. The summed E-state index contributed by atoms with van der Waals surface area (Å²) in [5, 5.41) is 9.21. The summed E-state index contributed by atoms with van der Waals surface area (Å²) in [4.78, 5) is 11.2. The Morgan fingerprint density at radius 2 is 2.29 bits per heavy atom. The van der Waals surface area contributed by atoms with Crippen LogP contribution < -0.4 is 0 Å². The molecule has 4 rings (SSSR count). The minimum Gasteiger partial charge on any atom is -0.481 e. The third kappa shape index (κ3) is 0.974. The second-order valence-corrected chi connectivity index (χ2v) is 6.94. The number of allylic oxidation sites excluding steroid dienone is 1. The van der Waals surface area contributed by atoms with E-state index in [1.54, 1.807) is 0 Å². The first-order chi connectivity index (χ1) is 8.09. The lowest BCUT2D eigenvalue weighted by Crippen LogP contribution is -2.21. The highest BCUT2D eigenvalue weighted by Gasteiger charge is 2.80. The Kier molecular flexibility index (Phi) is 1.66. The molecule has 2 nitrogen and oxygen atoms in total. The highest BCUT2D eigenvalue weighted by molar-refractivity contribution is 5.69. The van der Waals surface area contributed by atoms with E-state index in [1.807, 2.05) is 0 Å². The molecule has 5 atom stereocenters. The van der Waals surface area contributed by atoms with Crippen LogP contribution in [-0.4, -0.2) is 11.1 Å². The largest absolute Gasteiger partial charge is 0.481 e. The molecule has 5 unspecified atom stereocenters. The molecule has 17 heavy (non-hydrogen) atoms. The van der Waals surface area contributed by atoms with Crippen LogP contribution in [0.25, 0.3) is 0 Å². The average Bonchev–Trinajstić information content (AvgIpc) is 2.66. The fourth-order valence-electron chi connectivity index (χ4n) is 6.09. The topological polar surface area (TPSA) is 37.3 Å². The molecule has 0 amide bonds. The summed E-state index contributed by atoms with van der Waals surface area (Å²) in [6.07, 6.45) is 7.89. The van der Waals surface area contributed by atoms with Gasteiger partial charge in [0.15, 0.2) is 0 Å². The summed E-state index contributed by atoms with van der Waals surface area (Å²) in [7, 11) is 0. The Morgan fingerprint density at radius 1 is 1.47 bits per heavy atom. The van der Waals surface area contributed by atoms with Crippen molar-refractivity contribution in [2.75, 3.05) is 0 Å². The molecule has 0 heterocycles. The standard InChI is InChI=1S/C15H20O2/c1-9-2-3-10-6-12-11(9)4-5-14(12)8-15(10,14)7-13(16)17/h10-12H,1-8H2,(H,16,17). The molecule has 0 aromatic rings. The van der Waals surface area contributed by atoms with Gasteiger partial charge in [0.05, 0.1) is 6.42 Å². The van der Waals surface area contributed by atoms with Crippen LogP contribution in [0.4, 0.5) is 0 Å². The zero-order valence-electron chi connectivity index (χ0n) is 10.2. The molecule has 0 aromatic heterocycles. The first kappa shape index (κ1) is 10.2.